The van der Waals surface area contributed by atoms with Crippen molar-refractivity contribution >= 4 is 0 Å². The van der Waals surface area contributed by atoms with Gasteiger partial charge in [0.05, 0.1) is 0 Å². The molecule has 2 heteroatoms. The topological polar surface area (TPSA) is 15.3 Å². The van der Waals surface area contributed by atoms with Crippen LogP contribution < -0.4 is 5.43 Å². The van der Waals surface area contributed by atoms with Gasteiger partial charge in [0.1, 0.15) is 0 Å². The predicted molar refractivity (Wildman–Crippen MR) is 57.5 cm³/mol. The fourth-order valence-corrected chi connectivity index (χ4v) is 2.16. The molecule has 1 saturated carbocycles. The maximum Gasteiger partial charge on any atom is 0.0215 e. The molecule has 0 aromatic carbocycles. The monoisotopic (exact) mass is 184 g/mol. The minimum absolute atomic E-state index is 0.572. The highest BCUT2D eigenvalue weighted by molar-refractivity contribution is 4.78. The van der Waals surface area contributed by atoms with E-state index in [4.69, 9.17) is 0 Å². The van der Waals surface area contributed by atoms with Gasteiger partial charge in [-0.1, -0.05) is 20.3 Å². The highest BCUT2D eigenvalue weighted by Gasteiger charge is 2.24. The molecule has 0 aliphatic heterocycles. The third-order valence-corrected chi connectivity index (χ3v) is 3.02. The van der Waals surface area contributed by atoms with Gasteiger partial charge in [0.15, 0.2) is 0 Å². The van der Waals surface area contributed by atoms with Crippen molar-refractivity contribution in [3.8, 4) is 0 Å². The van der Waals surface area contributed by atoms with Crippen molar-refractivity contribution in [2.75, 3.05) is 14.1 Å². The molecule has 1 aliphatic rings. The molecule has 0 aromatic rings. The fourth-order valence-electron chi connectivity index (χ4n) is 2.16. The number of nitrogens with one attached hydrogen (secondary N) is 1. The van der Waals surface area contributed by atoms with Gasteiger partial charge < -0.3 is 0 Å². The van der Waals surface area contributed by atoms with Crippen LogP contribution in [-0.4, -0.2) is 25.1 Å². The normalized spacial score (nSPS) is 28.8. The average Bonchev–Trinajstić information content (AvgIpc) is 2.12. The Balaban J connectivity index is 2.36. The Kier molecular flexibility index (Phi) is 3.74. The first kappa shape index (κ1) is 11.0. The smallest absolute Gasteiger partial charge is 0.0215 e. The maximum atomic E-state index is 3.49. The van der Waals surface area contributed by atoms with Gasteiger partial charge in [-0.25, -0.2) is 0 Å². The van der Waals surface area contributed by atoms with Crippen LogP contribution >= 0.6 is 0 Å². The van der Waals surface area contributed by atoms with Crippen LogP contribution in [0.5, 0.6) is 0 Å². The van der Waals surface area contributed by atoms with E-state index >= 15 is 0 Å². The molecule has 0 heterocycles. The lowest BCUT2D eigenvalue weighted by Crippen LogP contribution is -2.39. The van der Waals surface area contributed by atoms with E-state index < -0.39 is 0 Å². The zero-order valence-corrected chi connectivity index (χ0v) is 9.56. The van der Waals surface area contributed by atoms with E-state index in [1.165, 1.54) is 32.1 Å². The third kappa shape index (κ3) is 4.10. The summed E-state index contributed by atoms with van der Waals surface area (Å²) in [6.07, 6.45) is 6.78. The van der Waals surface area contributed by atoms with E-state index in [0.717, 1.165) is 0 Å². The fraction of sp³-hybridized carbons (Fsp3) is 1.00. The molecule has 1 N–H and O–H groups in total. The quantitative estimate of drug-likeness (QED) is 0.524. The zero-order valence-electron chi connectivity index (χ0n) is 9.56. The highest BCUT2D eigenvalue weighted by atomic mass is 15.5. The molecule has 1 unspecified atom stereocenters. The number of nitrogens with zero attached hydrogens (tertiary/aromatic N) is 1. The average molecular weight is 184 g/mol. The Morgan fingerprint density at radius 3 is 2.46 bits per heavy atom. The Bertz CT molecular complexity index is 152. The van der Waals surface area contributed by atoms with Gasteiger partial charge in [-0.2, -0.15) is 0 Å². The molecule has 1 aliphatic carbocycles. The lowest BCUT2D eigenvalue weighted by molar-refractivity contribution is 0.222. The van der Waals surface area contributed by atoms with Crippen LogP contribution in [0.4, 0.5) is 0 Å². The number of hydrogen-bond donors (Lipinski definition) is 1. The third-order valence-electron chi connectivity index (χ3n) is 3.02. The molecule has 78 valence electrons. The molecule has 0 spiro atoms. The van der Waals surface area contributed by atoms with E-state index in [0.29, 0.717) is 11.5 Å². The lowest BCUT2D eigenvalue weighted by atomic mass is 9.85. The van der Waals surface area contributed by atoms with Crippen LogP contribution in [0.25, 0.3) is 0 Å². The highest BCUT2D eigenvalue weighted by Crippen LogP contribution is 2.33. The minimum atomic E-state index is 0.572. The summed E-state index contributed by atoms with van der Waals surface area (Å²) in [7, 11) is 4.16. The van der Waals surface area contributed by atoms with Gasteiger partial charge in [0, 0.05) is 20.1 Å². The summed E-state index contributed by atoms with van der Waals surface area (Å²) >= 11 is 0. The molecule has 0 bridgehead atoms. The number of hydrazine groups is 1. The Morgan fingerprint density at radius 2 is 1.85 bits per heavy atom. The van der Waals surface area contributed by atoms with Gasteiger partial charge in [0.2, 0.25) is 0 Å². The second kappa shape index (κ2) is 4.43. The molecule has 2 nitrogen and oxygen atoms in total. The molecule has 0 amide bonds. The first-order valence-electron chi connectivity index (χ1n) is 5.43. The Labute approximate surface area is 82.7 Å². The van der Waals surface area contributed by atoms with Crippen molar-refractivity contribution in [2.24, 2.45) is 5.41 Å². The van der Waals surface area contributed by atoms with Crippen molar-refractivity contribution in [1.29, 1.82) is 0 Å². The summed E-state index contributed by atoms with van der Waals surface area (Å²) < 4.78 is 0. The first-order chi connectivity index (χ1) is 5.99. The lowest BCUT2D eigenvalue weighted by Gasteiger charge is -2.23. The molecule has 0 saturated heterocycles. The number of hydrogen-bond acceptors (Lipinski definition) is 2. The van der Waals surface area contributed by atoms with E-state index in [1.54, 1.807) is 0 Å². The maximum absolute atomic E-state index is 3.49. The number of rotatable bonds is 2. The molecule has 1 fully saturated rings. The summed E-state index contributed by atoms with van der Waals surface area (Å²) in [5.41, 5.74) is 4.06. The zero-order chi connectivity index (χ0) is 9.90. The van der Waals surface area contributed by atoms with Gasteiger partial charge in [-0.3, -0.25) is 10.4 Å². The second-order valence-electron chi connectivity index (χ2n) is 5.32. The largest absolute Gasteiger partial charge is 0.253 e. The summed E-state index contributed by atoms with van der Waals surface area (Å²) in [4.78, 5) is 0. The molecular weight excluding hydrogens is 160 g/mol. The second-order valence-corrected chi connectivity index (χ2v) is 5.32. The van der Waals surface area contributed by atoms with Crippen LogP contribution in [-0.2, 0) is 0 Å². The van der Waals surface area contributed by atoms with Crippen molar-refractivity contribution in [3.05, 3.63) is 0 Å². The van der Waals surface area contributed by atoms with Gasteiger partial charge in [0.25, 0.3) is 0 Å². The molecular formula is C11H24N2. The Morgan fingerprint density at radius 1 is 1.15 bits per heavy atom. The summed E-state index contributed by atoms with van der Waals surface area (Å²) in [6.45, 7) is 4.79. The van der Waals surface area contributed by atoms with E-state index in [1.807, 2.05) is 0 Å². The first-order valence-corrected chi connectivity index (χ1v) is 5.43. The predicted octanol–water partition coefficient (Wildman–Crippen LogP) is 2.41. The summed E-state index contributed by atoms with van der Waals surface area (Å²) in [5.74, 6) is 0. The van der Waals surface area contributed by atoms with Gasteiger partial charge in [-0.05, 0) is 31.1 Å². The van der Waals surface area contributed by atoms with E-state index in [2.05, 4.69) is 38.4 Å². The van der Waals surface area contributed by atoms with Crippen molar-refractivity contribution in [1.82, 2.24) is 10.4 Å². The summed E-state index contributed by atoms with van der Waals surface area (Å²) in [5, 5.41) is 2.09. The van der Waals surface area contributed by atoms with Gasteiger partial charge >= 0.3 is 0 Å². The molecule has 1 rings (SSSR count). The molecule has 13 heavy (non-hydrogen) atoms. The van der Waals surface area contributed by atoms with E-state index in [-0.39, 0.29) is 0 Å². The van der Waals surface area contributed by atoms with Crippen LogP contribution in [0.3, 0.4) is 0 Å². The minimum Gasteiger partial charge on any atom is -0.253 e. The van der Waals surface area contributed by atoms with E-state index in [9.17, 15) is 0 Å². The summed E-state index contributed by atoms with van der Waals surface area (Å²) in [6, 6.07) is 0.705. The SMILES string of the molecule is CN(C)NC1CCCC(C)(C)CC1. The van der Waals surface area contributed by atoms with Crippen LogP contribution in [0.15, 0.2) is 0 Å². The van der Waals surface area contributed by atoms with Gasteiger partial charge in [-0.15, -0.1) is 0 Å². The molecule has 1 atom stereocenters. The Hall–Kier alpha value is -0.0800. The van der Waals surface area contributed by atoms with Crippen LogP contribution in [0, 0.1) is 5.41 Å². The van der Waals surface area contributed by atoms with Crippen LogP contribution in [0.2, 0.25) is 0 Å². The van der Waals surface area contributed by atoms with Crippen molar-refractivity contribution < 1.29 is 0 Å². The molecule has 0 radical (unpaired) electrons. The molecule has 0 aromatic heterocycles. The standard InChI is InChI=1S/C11H24N2/c1-11(2)8-5-6-10(7-9-11)12-13(3)4/h10,12H,5-9H2,1-4H3. The van der Waals surface area contributed by atoms with Crippen LogP contribution in [0.1, 0.15) is 46.0 Å². The van der Waals surface area contributed by atoms with Crippen molar-refractivity contribution in [2.45, 2.75) is 52.0 Å². The van der Waals surface area contributed by atoms with Crippen molar-refractivity contribution in [3.63, 3.8) is 0 Å².